The smallest absolute Gasteiger partial charge is 0.134 e. The molecule has 1 N–H and O–H groups in total. The van der Waals surface area contributed by atoms with Crippen LogP contribution in [0.5, 0.6) is 0 Å². The van der Waals surface area contributed by atoms with Gasteiger partial charge >= 0.3 is 0 Å². The van der Waals surface area contributed by atoms with Gasteiger partial charge in [0, 0.05) is 26.7 Å². The fourth-order valence-electron chi connectivity index (χ4n) is 2.23. The van der Waals surface area contributed by atoms with Gasteiger partial charge in [0.2, 0.25) is 0 Å². The third kappa shape index (κ3) is 2.66. The second-order valence-corrected chi connectivity index (χ2v) is 4.65. The number of aliphatic hydroxyl groups excluding tert-OH is 1. The summed E-state index contributed by atoms with van der Waals surface area (Å²) in [6.45, 7) is 1.16. The Morgan fingerprint density at radius 1 is 1.41 bits per heavy atom. The lowest BCUT2D eigenvalue weighted by atomic mass is 10.0. The van der Waals surface area contributed by atoms with Crippen LogP contribution in [0.3, 0.4) is 0 Å². The Morgan fingerprint density at radius 2 is 2.24 bits per heavy atom. The first-order chi connectivity index (χ1) is 8.22. The van der Waals surface area contributed by atoms with Gasteiger partial charge in [-0.05, 0) is 19.3 Å². The molecule has 1 aliphatic heterocycles. The molecule has 0 radical (unpaired) electrons. The van der Waals surface area contributed by atoms with Crippen LogP contribution in [0.2, 0.25) is 0 Å². The largest absolute Gasteiger partial charge is 0.394 e. The number of aliphatic hydroxyl groups is 1. The Morgan fingerprint density at radius 3 is 2.94 bits per heavy atom. The van der Waals surface area contributed by atoms with Crippen molar-refractivity contribution in [3.63, 3.8) is 0 Å². The molecule has 5 nitrogen and oxygen atoms in total. The van der Waals surface area contributed by atoms with E-state index in [1.165, 1.54) is 6.42 Å². The van der Waals surface area contributed by atoms with Crippen molar-refractivity contribution in [2.24, 2.45) is 0 Å². The summed E-state index contributed by atoms with van der Waals surface area (Å²) in [5.41, 5.74) is 0. The van der Waals surface area contributed by atoms with Crippen molar-refractivity contribution in [3.8, 4) is 0 Å². The lowest BCUT2D eigenvalue weighted by Gasteiger charge is -2.35. The zero-order valence-corrected chi connectivity index (χ0v) is 10.5. The molecule has 0 spiro atoms. The van der Waals surface area contributed by atoms with Crippen molar-refractivity contribution in [1.29, 1.82) is 0 Å². The maximum Gasteiger partial charge on any atom is 0.134 e. The van der Waals surface area contributed by atoms with Crippen LogP contribution >= 0.6 is 0 Å². The Balaban J connectivity index is 2.22. The summed E-state index contributed by atoms with van der Waals surface area (Å²) in [7, 11) is 3.93. The van der Waals surface area contributed by atoms with E-state index in [2.05, 4.69) is 14.9 Å². The highest BCUT2D eigenvalue weighted by atomic mass is 16.3. The number of piperidine rings is 1. The van der Waals surface area contributed by atoms with E-state index in [0.717, 1.165) is 31.0 Å². The fraction of sp³-hybridized carbons (Fsp3) is 0.667. The number of nitrogens with zero attached hydrogens (tertiary/aromatic N) is 4. The average molecular weight is 236 g/mol. The molecular weight excluding hydrogens is 216 g/mol. The topological polar surface area (TPSA) is 52.5 Å². The van der Waals surface area contributed by atoms with Gasteiger partial charge < -0.3 is 14.9 Å². The molecule has 1 aromatic rings. The minimum Gasteiger partial charge on any atom is -0.394 e. The number of aromatic nitrogens is 2. The molecule has 5 heteroatoms. The SMILES string of the molecule is CN(C)c1cc(N2CCCCC2CO)ncn1. The Bertz CT molecular complexity index is 369. The molecule has 2 rings (SSSR count). The van der Waals surface area contributed by atoms with Crippen LogP contribution in [-0.4, -0.2) is 48.4 Å². The minimum absolute atomic E-state index is 0.196. The Kier molecular flexibility index (Phi) is 3.78. The molecule has 0 aromatic carbocycles. The molecule has 0 saturated carbocycles. The van der Waals surface area contributed by atoms with E-state index in [9.17, 15) is 5.11 Å². The lowest BCUT2D eigenvalue weighted by Crippen LogP contribution is -2.42. The van der Waals surface area contributed by atoms with Gasteiger partial charge in [0.05, 0.1) is 12.6 Å². The van der Waals surface area contributed by atoms with E-state index >= 15 is 0 Å². The molecule has 94 valence electrons. The number of anilines is 2. The first kappa shape index (κ1) is 12.1. The highest BCUT2D eigenvalue weighted by Crippen LogP contribution is 2.24. The molecule has 1 fully saturated rings. The van der Waals surface area contributed by atoms with E-state index < -0.39 is 0 Å². The van der Waals surface area contributed by atoms with E-state index in [-0.39, 0.29) is 12.6 Å². The van der Waals surface area contributed by atoms with Gasteiger partial charge in [-0.1, -0.05) is 0 Å². The zero-order chi connectivity index (χ0) is 12.3. The van der Waals surface area contributed by atoms with Gasteiger partial charge in [-0.3, -0.25) is 0 Å². The van der Waals surface area contributed by atoms with E-state index in [0.29, 0.717) is 0 Å². The second-order valence-electron chi connectivity index (χ2n) is 4.65. The van der Waals surface area contributed by atoms with Crippen LogP contribution in [0, 0.1) is 0 Å². The Hall–Kier alpha value is -1.36. The van der Waals surface area contributed by atoms with E-state index in [1.807, 2.05) is 25.1 Å². The summed E-state index contributed by atoms with van der Waals surface area (Å²) in [5, 5.41) is 9.41. The molecule has 1 atom stereocenters. The third-order valence-electron chi connectivity index (χ3n) is 3.23. The standard InChI is InChI=1S/C12H20N4O/c1-15(2)11-7-12(14-9-13-11)16-6-4-3-5-10(16)8-17/h7,9-10,17H,3-6,8H2,1-2H3. The monoisotopic (exact) mass is 236 g/mol. The summed E-state index contributed by atoms with van der Waals surface area (Å²) >= 11 is 0. The Labute approximate surface area is 102 Å². The number of hydrogen-bond donors (Lipinski definition) is 1. The van der Waals surface area contributed by atoms with Crippen molar-refractivity contribution >= 4 is 11.6 Å². The summed E-state index contributed by atoms with van der Waals surface area (Å²) in [5.74, 6) is 1.82. The van der Waals surface area contributed by atoms with Crippen molar-refractivity contribution in [2.75, 3.05) is 37.0 Å². The van der Waals surface area contributed by atoms with Gasteiger partial charge in [-0.25, -0.2) is 9.97 Å². The normalized spacial score (nSPS) is 20.4. The highest BCUT2D eigenvalue weighted by Gasteiger charge is 2.23. The van der Waals surface area contributed by atoms with Crippen LogP contribution < -0.4 is 9.80 Å². The molecule has 1 aromatic heterocycles. The predicted molar refractivity (Wildman–Crippen MR) is 68.4 cm³/mol. The highest BCUT2D eigenvalue weighted by molar-refractivity contribution is 5.50. The summed E-state index contributed by atoms with van der Waals surface area (Å²) in [4.78, 5) is 12.7. The van der Waals surface area contributed by atoms with Crippen LogP contribution in [-0.2, 0) is 0 Å². The molecule has 1 aliphatic rings. The van der Waals surface area contributed by atoms with Crippen molar-refractivity contribution < 1.29 is 5.11 Å². The first-order valence-electron chi connectivity index (χ1n) is 6.09. The number of rotatable bonds is 3. The van der Waals surface area contributed by atoms with Gasteiger partial charge in [0.15, 0.2) is 0 Å². The fourth-order valence-corrected chi connectivity index (χ4v) is 2.23. The number of hydrogen-bond acceptors (Lipinski definition) is 5. The first-order valence-corrected chi connectivity index (χ1v) is 6.09. The van der Waals surface area contributed by atoms with Crippen LogP contribution in [0.25, 0.3) is 0 Å². The van der Waals surface area contributed by atoms with Gasteiger partial charge in [-0.15, -0.1) is 0 Å². The van der Waals surface area contributed by atoms with Gasteiger partial charge in [0.1, 0.15) is 18.0 Å². The maximum absolute atomic E-state index is 9.41. The van der Waals surface area contributed by atoms with Crippen LogP contribution in [0.15, 0.2) is 12.4 Å². The molecular formula is C12H20N4O. The van der Waals surface area contributed by atoms with E-state index in [4.69, 9.17) is 0 Å². The minimum atomic E-state index is 0.196. The van der Waals surface area contributed by atoms with Gasteiger partial charge in [0.25, 0.3) is 0 Å². The zero-order valence-electron chi connectivity index (χ0n) is 10.5. The quantitative estimate of drug-likeness (QED) is 0.845. The molecule has 0 bridgehead atoms. The predicted octanol–water partition coefficient (Wildman–Crippen LogP) is 0.894. The summed E-state index contributed by atoms with van der Waals surface area (Å²) in [6, 6.07) is 2.18. The molecule has 2 heterocycles. The van der Waals surface area contributed by atoms with Crippen LogP contribution in [0.4, 0.5) is 11.6 Å². The van der Waals surface area contributed by atoms with Gasteiger partial charge in [-0.2, -0.15) is 0 Å². The average Bonchev–Trinajstić information content (AvgIpc) is 2.39. The van der Waals surface area contributed by atoms with E-state index in [1.54, 1.807) is 6.33 Å². The van der Waals surface area contributed by atoms with Crippen molar-refractivity contribution in [3.05, 3.63) is 12.4 Å². The third-order valence-corrected chi connectivity index (χ3v) is 3.23. The second kappa shape index (κ2) is 5.31. The van der Waals surface area contributed by atoms with Crippen molar-refractivity contribution in [1.82, 2.24) is 9.97 Å². The summed E-state index contributed by atoms with van der Waals surface area (Å²) < 4.78 is 0. The molecule has 17 heavy (non-hydrogen) atoms. The lowest BCUT2D eigenvalue weighted by molar-refractivity contribution is 0.239. The maximum atomic E-state index is 9.41. The molecule has 1 saturated heterocycles. The van der Waals surface area contributed by atoms with Crippen molar-refractivity contribution in [2.45, 2.75) is 25.3 Å². The molecule has 1 unspecified atom stereocenters. The molecule has 0 aliphatic carbocycles. The molecule has 0 amide bonds. The van der Waals surface area contributed by atoms with Crippen LogP contribution in [0.1, 0.15) is 19.3 Å². The summed E-state index contributed by atoms with van der Waals surface area (Å²) in [6.07, 6.45) is 4.98.